The van der Waals surface area contributed by atoms with E-state index in [-0.39, 0.29) is 5.88 Å². The van der Waals surface area contributed by atoms with Crippen molar-refractivity contribution < 1.29 is 94.8 Å². The first-order valence-corrected chi connectivity index (χ1v) is 17.3. The number of hydrogen-bond donors (Lipinski definition) is 13. The van der Waals surface area contributed by atoms with Gasteiger partial charge in [0.15, 0.2) is 6.29 Å². The van der Waals surface area contributed by atoms with Crippen molar-refractivity contribution in [2.24, 2.45) is 0 Å². The van der Waals surface area contributed by atoms with Gasteiger partial charge < -0.3 is 90.1 Å². The average Bonchev–Trinajstić information content (AvgIpc) is 3.47. The smallest absolute Gasteiger partial charge is 0.301 e. The molecular formula is C24H37Cl7O19. The zero-order valence-electron chi connectivity index (χ0n) is 25.1. The fraction of sp³-hybridized carbons (Fsp3) is 1.00. The molecule has 9 unspecified atom stereocenters. The third kappa shape index (κ3) is 7.68. The summed E-state index contributed by atoms with van der Waals surface area (Å²) in [5.74, 6) is -5.06. The van der Waals surface area contributed by atoms with Crippen molar-refractivity contribution >= 4 is 81.2 Å². The Bertz CT molecular complexity index is 1130. The second-order valence-electron chi connectivity index (χ2n) is 11.5. The molecule has 296 valence electrons. The first-order chi connectivity index (χ1) is 23.0. The Morgan fingerprint density at radius 2 is 1.14 bits per heavy atom. The molecule has 0 saturated carbocycles. The van der Waals surface area contributed by atoms with E-state index in [9.17, 15) is 61.3 Å². The third-order valence-electron chi connectivity index (χ3n) is 8.35. The molecule has 4 fully saturated rings. The standard InChI is InChI=1S/C12H18Cl4O11.C12H19Cl3O8/c13-9(22)5(2-18)26-12(16,11(15,24)10(9,14)23)27-8(3-19)7(21)6(20)4(1-17)25-8;13-1-4-7(17)10(20)12(3-14,22-4)23-11-9(19)8(18)6(15)5(2-16)21-11/h4-7,17-24H,1-3H2;4-11,16-20H,1-3H2/t;4-,5-,6+,7-,8+,9-,10+,11-,12+/m.1/s1. The van der Waals surface area contributed by atoms with Crippen LogP contribution in [-0.2, 0) is 28.4 Å². The molecule has 0 radical (unpaired) electrons. The molecule has 0 aromatic rings. The molecule has 0 amide bonds. The molecule has 4 saturated heterocycles. The Hall–Kier alpha value is 1.27. The van der Waals surface area contributed by atoms with Crippen LogP contribution in [0.15, 0.2) is 0 Å². The van der Waals surface area contributed by atoms with Crippen molar-refractivity contribution in [3.63, 3.8) is 0 Å². The van der Waals surface area contributed by atoms with Crippen LogP contribution in [-0.4, -0.2) is 209 Å². The van der Waals surface area contributed by atoms with Gasteiger partial charge in [0.25, 0.3) is 5.06 Å². The normalized spacial score (nSPS) is 54.0. The van der Waals surface area contributed by atoms with Gasteiger partial charge in [-0.15, -0.1) is 34.8 Å². The second-order valence-corrected chi connectivity index (χ2v) is 14.8. The van der Waals surface area contributed by atoms with E-state index in [2.05, 4.69) is 0 Å². The van der Waals surface area contributed by atoms with Crippen LogP contribution in [0.5, 0.6) is 0 Å². The summed E-state index contributed by atoms with van der Waals surface area (Å²) in [6.07, 6.45) is -16.7. The molecule has 4 aliphatic heterocycles. The fourth-order valence-electron chi connectivity index (χ4n) is 5.26. The van der Waals surface area contributed by atoms with Gasteiger partial charge in [-0.2, -0.15) is 0 Å². The van der Waals surface area contributed by atoms with Crippen molar-refractivity contribution in [1.29, 1.82) is 0 Å². The molecule has 18 atom stereocenters. The predicted molar refractivity (Wildman–Crippen MR) is 167 cm³/mol. The summed E-state index contributed by atoms with van der Waals surface area (Å²) in [4.78, 5) is 0. The minimum atomic E-state index is -3.49. The first-order valence-electron chi connectivity index (χ1n) is 14.3. The van der Waals surface area contributed by atoms with E-state index >= 15 is 0 Å². The van der Waals surface area contributed by atoms with Gasteiger partial charge in [0.05, 0.1) is 37.0 Å². The number of ether oxygens (including phenoxy) is 6. The van der Waals surface area contributed by atoms with E-state index in [0.717, 1.165) is 0 Å². The van der Waals surface area contributed by atoms with E-state index in [0.29, 0.717) is 0 Å². The Morgan fingerprint density at radius 1 is 0.620 bits per heavy atom. The Balaban J connectivity index is 0.000000274. The molecule has 0 aromatic carbocycles. The van der Waals surface area contributed by atoms with Gasteiger partial charge in [0.1, 0.15) is 67.6 Å². The zero-order chi connectivity index (χ0) is 38.4. The quantitative estimate of drug-likeness (QED) is 0.0917. The molecule has 0 aliphatic carbocycles. The maximum Gasteiger partial charge on any atom is 0.301 e. The lowest BCUT2D eigenvalue weighted by atomic mass is 9.96. The van der Waals surface area contributed by atoms with E-state index in [1.807, 2.05) is 0 Å². The van der Waals surface area contributed by atoms with Crippen LogP contribution < -0.4 is 0 Å². The van der Waals surface area contributed by atoms with Crippen LogP contribution >= 0.6 is 81.2 Å². The molecular weight excluding hydrogens is 840 g/mol. The van der Waals surface area contributed by atoms with E-state index < -0.39 is 137 Å². The number of halogens is 7. The highest BCUT2D eigenvalue weighted by Gasteiger charge is 2.79. The average molecular weight is 878 g/mol. The minimum Gasteiger partial charge on any atom is -0.394 e. The van der Waals surface area contributed by atoms with Gasteiger partial charge >= 0.3 is 5.25 Å². The molecule has 4 aliphatic rings. The van der Waals surface area contributed by atoms with Crippen LogP contribution in [0.4, 0.5) is 0 Å². The SMILES string of the molecule is OCC1OC(CO)(OC2(Cl)OC(CO)C(O)(Cl)C(O)(Cl)C2(O)Cl)C(O)C1O.OC[C@H]1O[C@H](O[C@]2(CCl)O[C@H](CCl)[C@@H](O)[C@@H]2O)[C@H](O)[C@@H](O)[C@H]1Cl. The highest BCUT2D eigenvalue weighted by atomic mass is 35.5. The van der Waals surface area contributed by atoms with Gasteiger partial charge in [-0.1, -0.05) is 46.4 Å². The van der Waals surface area contributed by atoms with Gasteiger partial charge in [0.2, 0.25) is 21.7 Å². The number of hydrogen-bond acceptors (Lipinski definition) is 19. The zero-order valence-corrected chi connectivity index (χ0v) is 30.4. The summed E-state index contributed by atoms with van der Waals surface area (Å²) in [5, 5.41) is 114. The molecule has 19 nitrogen and oxygen atoms in total. The minimum absolute atomic E-state index is 0.125. The van der Waals surface area contributed by atoms with Crippen LogP contribution in [0.25, 0.3) is 0 Å². The molecule has 50 heavy (non-hydrogen) atoms. The molecule has 0 bridgehead atoms. The van der Waals surface area contributed by atoms with Crippen molar-refractivity contribution in [3.8, 4) is 0 Å². The maximum atomic E-state index is 10.5. The predicted octanol–water partition coefficient (Wildman–Crippen LogP) is -4.79. The first kappa shape index (κ1) is 45.7. The summed E-state index contributed by atoms with van der Waals surface area (Å²) in [6, 6.07) is 0. The molecule has 13 N–H and O–H groups in total. The van der Waals surface area contributed by atoms with E-state index in [4.69, 9.17) is 115 Å². The van der Waals surface area contributed by atoms with Crippen LogP contribution in [0.3, 0.4) is 0 Å². The van der Waals surface area contributed by atoms with Crippen LogP contribution in [0, 0.1) is 0 Å². The van der Waals surface area contributed by atoms with Gasteiger partial charge in [0, 0.05) is 0 Å². The Morgan fingerprint density at radius 3 is 1.58 bits per heavy atom. The summed E-state index contributed by atoms with van der Waals surface area (Å²) < 4.78 is 31.3. The Kier molecular flexibility index (Phi) is 15.3. The number of alkyl halides is 7. The monoisotopic (exact) mass is 874 g/mol. The lowest BCUT2D eigenvalue weighted by Crippen LogP contribution is -2.79. The molecule has 0 spiro atoms. The summed E-state index contributed by atoms with van der Waals surface area (Å²) in [5.41, 5.74) is 0. The highest BCUT2D eigenvalue weighted by Crippen LogP contribution is 2.58. The lowest BCUT2D eigenvalue weighted by molar-refractivity contribution is -0.421. The lowest BCUT2D eigenvalue weighted by Gasteiger charge is -2.56. The summed E-state index contributed by atoms with van der Waals surface area (Å²) in [6.45, 7) is -3.67. The van der Waals surface area contributed by atoms with Crippen molar-refractivity contribution in [3.05, 3.63) is 0 Å². The number of rotatable bonds is 10. The Labute approximate surface area is 317 Å². The molecule has 4 rings (SSSR count). The summed E-state index contributed by atoms with van der Waals surface area (Å²) >= 11 is 40.4. The number of aliphatic hydroxyl groups is 13. The fourth-order valence-corrected chi connectivity index (χ4v) is 7.28. The molecule has 26 heteroatoms. The van der Waals surface area contributed by atoms with Crippen molar-refractivity contribution in [2.75, 3.05) is 38.2 Å². The highest BCUT2D eigenvalue weighted by molar-refractivity contribution is 6.42. The number of aliphatic hydroxyl groups excluding tert-OH is 10. The maximum absolute atomic E-state index is 10.5. The van der Waals surface area contributed by atoms with Crippen LogP contribution in [0.2, 0.25) is 0 Å². The van der Waals surface area contributed by atoms with Gasteiger partial charge in [-0.3, -0.25) is 4.74 Å². The van der Waals surface area contributed by atoms with Crippen molar-refractivity contribution in [1.82, 2.24) is 0 Å². The molecule has 4 heterocycles. The topological polar surface area (TPSA) is 318 Å². The van der Waals surface area contributed by atoms with Gasteiger partial charge in [-0.05, 0) is 0 Å². The van der Waals surface area contributed by atoms with E-state index in [1.165, 1.54) is 0 Å². The van der Waals surface area contributed by atoms with Crippen LogP contribution in [0.1, 0.15) is 0 Å². The summed E-state index contributed by atoms with van der Waals surface area (Å²) in [7, 11) is 0. The third-order valence-corrected chi connectivity index (χ3v) is 11.9. The van der Waals surface area contributed by atoms with Crippen molar-refractivity contribution in [2.45, 2.75) is 105 Å². The largest absolute Gasteiger partial charge is 0.394 e. The molecule has 0 aromatic heterocycles. The van der Waals surface area contributed by atoms with E-state index in [1.54, 1.807) is 0 Å². The second kappa shape index (κ2) is 16.8. The van der Waals surface area contributed by atoms with Gasteiger partial charge in [-0.25, -0.2) is 0 Å².